The number of hydrogen-bond donors (Lipinski definition) is 1. The fourth-order valence-electron chi connectivity index (χ4n) is 3.29. The third-order valence-electron chi connectivity index (χ3n) is 4.47. The molecule has 0 aliphatic carbocycles. The summed E-state index contributed by atoms with van der Waals surface area (Å²) < 4.78 is 11.5. The van der Waals surface area contributed by atoms with E-state index in [0.29, 0.717) is 12.1 Å². The van der Waals surface area contributed by atoms with Crippen LogP contribution in [0.4, 0.5) is 0 Å². The number of likely N-dealkylation sites (N-methyl/N-ethyl adjacent to an activating group) is 1. The Morgan fingerprint density at radius 1 is 1.26 bits per heavy atom. The molecular weight excluding hydrogens is 240 g/mol. The standard InChI is InChI=1S/C15H30N2O2/c1-3-6-17-7-10-19-15(12-17)14(16-2)11-13-4-8-18-9-5-13/h13-16H,3-12H2,1-2H3. The maximum absolute atomic E-state index is 6.01. The van der Waals surface area contributed by atoms with Gasteiger partial charge < -0.3 is 14.8 Å². The summed E-state index contributed by atoms with van der Waals surface area (Å²) in [5.74, 6) is 0.802. The summed E-state index contributed by atoms with van der Waals surface area (Å²) in [7, 11) is 2.08. The predicted molar refractivity (Wildman–Crippen MR) is 77.5 cm³/mol. The summed E-state index contributed by atoms with van der Waals surface area (Å²) in [5, 5.41) is 3.49. The first-order chi connectivity index (χ1) is 9.33. The molecule has 0 bridgehead atoms. The van der Waals surface area contributed by atoms with E-state index in [1.54, 1.807) is 0 Å². The fraction of sp³-hybridized carbons (Fsp3) is 1.00. The molecule has 2 unspecified atom stereocenters. The Bertz CT molecular complexity index is 242. The molecule has 0 amide bonds. The van der Waals surface area contributed by atoms with Gasteiger partial charge in [0.15, 0.2) is 0 Å². The quantitative estimate of drug-likeness (QED) is 0.793. The van der Waals surface area contributed by atoms with Crippen LogP contribution in [0.1, 0.15) is 32.6 Å². The normalized spacial score (nSPS) is 28.4. The van der Waals surface area contributed by atoms with Crippen LogP contribution in [0.2, 0.25) is 0 Å². The smallest absolute Gasteiger partial charge is 0.0855 e. The summed E-state index contributed by atoms with van der Waals surface area (Å²) in [6.45, 7) is 8.40. The van der Waals surface area contributed by atoms with Crippen LogP contribution in [-0.4, -0.2) is 63.5 Å². The van der Waals surface area contributed by atoms with Crippen LogP contribution in [-0.2, 0) is 9.47 Å². The lowest BCUT2D eigenvalue weighted by Gasteiger charge is -2.38. The molecule has 0 aromatic carbocycles. The van der Waals surface area contributed by atoms with Crippen LogP contribution >= 0.6 is 0 Å². The molecule has 2 aliphatic rings. The number of nitrogens with zero attached hydrogens (tertiary/aromatic N) is 1. The Hall–Kier alpha value is -0.160. The molecule has 0 saturated carbocycles. The van der Waals surface area contributed by atoms with Gasteiger partial charge in [-0.2, -0.15) is 0 Å². The van der Waals surface area contributed by atoms with Crippen molar-refractivity contribution in [3.05, 3.63) is 0 Å². The minimum atomic E-state index is 0.355. The number of hydrogen-bond acceptors (Lipinski definition) is 4. The van der Waals surface area contributed by atoms with Gasteiger partial charge in [0.2, 0.25) is 0 Å². The van der Waals surface area contributed by atoms with Crippen LogP contribution in [0.25, 0.3) is 0 Å². The Morgan fingerprint density at radius 2 is 2.05 bits per heavy atom. The summed E-state index contributed by atoms with van der Waals surface area (Å²) in [6.07, 6.45) is 5.24. The van der Waals surface area contributed by atoms with Gasteiger partial charge in [-0.1, -0.05) is 6.92 Å². The molecular formula is C15H30N2O2. The maximum atomic E-state index is 6.01. The third-order valence-corrected chi connectivity index (χ3v) is 4.47. The van der Waals surface area contributed by atoms with Crippen molar-refractivity contribution in [3.8, 4) is 0 Å². The SMILES string of the molecule is CCCN1CCOC(C(CC2CCOCC2)NC)C1. The zero-order chi connectivity index (χ0) is 13.5. The summed E-state index contributed by atoms with van der Waals surface area (Å²) in [5.41, 5.74) is 0. The van der Waals surface area contributed by atoms with E-state index in [-0.39, 0.29) is 0 Å². The first-order valence-electron chi connectivity index (χ1n) is 7.92. The highest BCUT2D eigenvalue weighted by atomic mass is 16.5. The van der Waals surface area contributed by atoms with Gasteiger partial charge in [-0.05, 0) is 45.2 Å². The van der Waals surface area contributed by atoms with Gasteiger partial charge in [0.05, 0.1) is 12.7 Å². The second-order valence-electron chi connectivity index (χ2n) is 5.90. The van der Waals surface area contributed by atoms with E-state index >= 15 is 0 Å². The summed E-state index contributed by atoms with van der Waals surface area (Å²) in [4.78, 5) is 2.54. The molecule has 4 heteroatoms. The average Bonchev–Trinajstić information content (AvgIpc) is 2.46. The molecule has 2 fully saturated rings. The van der Waals surface area contributed by atoms with Crippen molar-refractivity contribution in [3.63, 3.8) is 0 Å². The van der Waals surface area contributed by atoms with Crippen LogP contribution in [0.3, 0.4) is 0 Å². The Morgan fingerprint density at radius 3 is 2.74 bits per heavy atom. The number of nitrogens with one attached hydrogen (secondary N) is 1. The zero-order valence-electron chi connectivity index (χ0n) is 12.6. The van der Waals surface area contributed by atoms with Crippen molar-refractivity contribution in [2.45, 2.75) is 44.8 Å². The molecule has 0 radical (unpaired) electrons. The second-order valence-corrected chi connectivity index (χ2v) is 5.90. The monoisotopic (exact) mass is 270 g/mol. The lowest BCUT2D eigenvalue weighted by atomic mass is 9.90. The molecule has 2 rings (SSSR count). The van der Waals surface area contributed by atoms with Gasteiger partial charge >= 0.3 is 0 Å². The lowest BCUT2D eigenvalue weighted by molar-refractivity contribution is -0.0517. The topological polar surface area (TPSA) is 33.7 Å². The van der Waals surface area contributed by atoms with Crippen molar-refractivity contribution in [1.29, 1.82) is 0 Å². The molecule has 2 saturated heterocycles. The van der Waals surface area contributed by atoms with Crippen LogP contribution in [0, 0.1) is 5.92 Å². The molecule has 2 aliphatic heterocycles. The first-order valence-corrected chi connectivity index (χ1v) is 7.92. The summed E-state index contributed by atoms with van der Waals surface area (Å²) >= 11 is 0. The average molecular weight is 270 g/mol. The van der Waals surface area contributed by atoms with Gasteiger partial charge in [0.25, 0.3) is 0 Å². The molecule has 0 aromatic heterocycles. The molecule has 0 aromatic rings. The third kappa shape index (κ3) is 4.71. The van der Waals surface area contributed by atoms with Crippen molar-refractivity contribution in [1.82, 2.24) is 10.2 Å². The molecule has 4 nitrogen and oxygen atoms in total. The Kier molecular flexibility index (Phi) is 6.57. The van der Waals surface area contributed by atoms with E-state index in [9.17, 15) is 0 Å². The van der Waals surface area contributed by atoms with Crippen molar-refractivity contribution < 1.29 is 9.47 Å². The second kappa shape index (κ2) is 8.20. The van der Waals surface area contributed by atoms with Crippen molar-refractivity contribution >= 4 is 0 Å². The molecule has 112 valence electrons. The van der Waals surface area contributed by atoms with E-state index in [4.69, 9.17) is 9.47 Å². The highest BCUT2D eigenvalue weighted by molar-refractivity contribution is 4.84. The number of rotatable bonds is 6. The highest BCUT2D eigenvalue weighted by Crippen LogP contribution is 2.23. The van der Waals surface area contributed by atoms with Crippen LogP contribution in [0.15, 0.2) is 0 Å². The molecule has 19 heavy (non-hydrogen) atoms. The van der Waals surface area contributed by atoms with Gasteiger partial charge in [-0.15, -0.1) is 0 Å². The molecule has 2 heterocycles. The molecule has 2 atom stereocenters. The first kappa shape index (κ1) is 15.2. The van der Waals surface area contributed by atoms with E-state index < -0.39 is 0 Å². The minimum absolute atomic E-state index is 0.355. The largest absolute Gasteiger partial charge is 0.381 e. The number of ether oxygens (including phenoxy) is 2. The Balaban J connectivity index is 1.81. The Labute approximate surface area is 117 Å². The van der Waals surface area contributed by atoms with Gasteiger partial charge in [0, 0.05) is 32.3 Å². The number of morpholine rings is 1. The van der Waals surface area contributed by atoms with E-state index in [2.05, 4.69) is 24.2 Å². The van der Waals surface area contributed by atoms with Gasteiger partial charge in [-0.25, -0.2) is 0 Å². The van der Waals surface area contributed by atoms with E-state index in [1.165, 1.54) is 32.2 Å². The molecule has 1 N–H and O–H groups in total. The molecule has 0 spiro atoms. The van der Waals surface area contributed by atoms with E-state index in [1.807, 2.05) is 0 Å². The summed E-state index contributed by atoms with van der Waals surface area (Å²) in [6, 6.07) is 0.489. The van der Waals surface area contributed by atoms with Crippen molar-refractivity contribution in [2.24, 2.45) is 5.92 Å². The zero-order valence-corrected chi connectivity index (χ0v) is 12.6. The highest BCUT2D eigenvalue weighted by Gasteiger charge is 2.29. The van der Waals surface area contributed by atoms with Crippen LogP contribution < -0.4 is 5.32 Å². The lowest BCUT2D eigenvalue weighted by Crippen LogP contribution is -2.52. The van der Waals surface area contributed by atoms with Gasteiger partial charge in [-0.3, -0.25) is 4.90 Å². The van der Waals surface area contributed by atoms with Gasteiger partial charge in [0.1, 0.15) is 0 Å². The fourth-order valence-corrected chi connectivity index (χ4v) is 3.29. The minimum Gasteiger partial charge on any atom is -0.381 e. The van der Waals surface area contributed by atoms with Crippen LogP contribution in [0.5, 0.6) is 0 Å². The predicted octanol–water partition coefficient (Wildman–Crippen LogP) is 1.50. The maximum Gasteiger partial charge on any atom is 0.0855 e. The van der Waals surface area contributed by atoms with E-state index in [0.717, 1.165) is 38.8 Å². The van der Waals surface area contributed by atoms with Crippen molar-refractivity contribution in [2.75, 3.05) is 46.5 Å².